The zero-order chi connectivity index (χ0) is 14.9. The van der Waals surface area contributed by atoms with Crippen molar-refractivity contribution in [1.29, 1.82) is 0 Å². The monoisotopic (exact) mass is 409 g/mol. The second-order valence-electron chi connectivity index (χ2n) is 5.52. The fourth-order valence-electron chi connectivity index (χ4n) is 3.07. The standard InChI is InChI=1S/C14H20BrN3O2S.ClH/c15-13-3-1-2-4-14(13)21(19,20)18-8-5-12(11-18)17-9-6-16-7-10-17;/h1-4,12,16H,5-11H2;1H. The first kappa shape index (κ1) is 18.2. The van der Waals surface area contributed by atoms with Crippen molar-refractivity contribution in [2.24, 2.45) is 0 Å². The second kappa shape index (κ2) is 7.59. The normalized spacial score (nSPS) is 24.1. The summed E-state index contributed by atoms with van der Waals surface area (Å²) in [6.07, 6.45) is 0.920. The van der Waals surface area contributed by atoms with Gasteiger partial charge in [-0.2, -0.15) is 4.31 Å². The van der Waals surface area contributed by atoms with Gasteiger partial charge in [-0.05, 0) is 34.5 Å². The highest BCUT2D eigenvalue weighted by Gasteiger charge is 2.36. The number of benzene rings is 1. The Labute approximate surface area is 146 Å². The minimum absolute atomic E-state index is 0. The topological polar surface area (TPSA) is 52.7 Å². The average molecular weight is 411 g/mol. The van der Waals surface area contributed by atoms with E-state index in [4.69, 9.17) is 0 Å². The SMILES string of the molecule is Cl.O=S(=O)(c1ccccc1Br)N1CCC(N2CCNCC2)C1. The first-order valence-corrected chi connectivity index (χ1v) is 9.52. The molecule has 2 heterocycles. The number of nitrogens with zero attached hydrogens (tertiary/aromatic N) is 2. The minimum atomic E-state index is -3.40. The molecule has 2 aliphatic rings. The van der Waals surface area contributed by atoms with E-state index >= 15 is 0 Å². The van der Waals surface area contributed by atoms with Gasteiger partial charge in [-0.3, -0.25) is 4.90 Å². The van der Waals surface area contributed by atoms with E-state index in [1.165, 1.54) is 0 Å². The van der Waals surface area contributed by atoms with Crippen molar-refractivity contribution in [3.8, 4) is 0 Å². The van der Waals surface area contributed by atoms with E-state index in [1.54, 1.807) is 22.5 Å². The molecule has 8 heteroatoms. The Morgan fingerprint density at radius 2 is 1.82 bits per heavy atom. The van der Waals surface area contributed by atoms with Crippen molar-refractivity contribution < 1.29 is 8.42 Å². The predicted octanol–water partition coefficient (Wildman–Crippen LogP) is 1.54. The predicted molar refractivity (Wildman–Crippen MR) is 93.0 cm³/mol. The summed E-state index contributed by atoms with van der Waals surface area (Å²) in [5.41, 5.74) is 0. The lowest BCUT2D eigenvalue weighted by Crippen LogP contribution is -2.49. The molecule has 1 aromatic carbocycles. The van der Waals surface area contributed by atoms with E-state index in [2.05, 4.69) is 26.1 Å². The van der Waals surface area contributed by atoms with Gasteiger partial charge in [0.1, 0.15) is 0 Å². The summed E-state index contributed by atoms with van der Waals surface area (Å²) in [5.74, 6) is 0. The molecule has 1 atom stereocenters. The molecule has 0 bridgehead atoms. The molecule has 3 rings (SSSR count). The van der Waals surface area contributed by atoms with Crippen LogP contribution in [0.3, 0.4) is 0 Å². The highest BCUT2D eigenvalue weighted by atomic mass is 79.9. The van der Waals surface area contributed by atoms with Gasteiger partial charge in [-0.25, -0.2) is 8.42 Å². The van der Waals surface area contributed by atoms with Gasteiger partial charge in [0.15, 0.2) is 0 Å². The number of hydrogen-bond acceptors (Lipinski definition) is 4. The van der Waals surface area contributed by atoms with Crippen LogP contribution >= 0.6 is 28.3 Å². The largest absolute Gasteiger partial charge is 0.314 e. The molecule has 1 unspecified atom stereocenters. The maximum absolute atomic E-state index is 12.7. The van der Waals surface area contributed by atoms with Crippen LogP contribution in [0, 0.1) is 0 Å². The van der Waals surface area contributed by atoms with Gasteiger partial charge >= 0.3 is 0 Å². The molecular formula is C14H21BrClN3O2S. The maximum atomic E-state index is 12.7. The van der Waals surface area contributed by atoms with Crippen molar-refractivity contribution in [3.05, 3.63) is 28.7 Å². The number of hydrogen-bond donors (Lipinski definition) is 1. The summed E-state index contributed by atoms with van der Waals surface area (Å²) < 4.78 is 27.8. The molecule has 5 nitrogen and oxygen atoms in total. The first-order chi connectivity index (χ1) is 10.1. The molecule has 0 aromatic heterocycles. The molecule has 0 aliphatic carbocycles. The molecule has 2 aliphatic heterocycles. The van der Waals surface area contributed by atoms with E-state index in [-0.39, 0.29) is 12.4 Å². The Hall–Kier alpha value is -0.180. The molecule has 2 saturated heterocycles. The Kier molecular flexibility index (Phi) is 6.27. The van der Waals surface area contributed by atoms with Crippen molar-refractivity contribution in [3.63, 3.8) is 0 Å². The number of rotatable bonds is 3. The summed E-state index contributed by atoms with van der Waals surface area (Å²) in [6, 6.07) is 7.39. The van der Waals surface area contributed by atoms with Crippen LogP contribution < -0.4 is 5.32 Å². The van der Waals surface area contributed by atoms with Gasteiger partial charge in [0.05, 0.1) is 4.90 Å². The van der Waals surface area contributed by atoms with Crippen LogP contribution in [0.4, 0.5) is 0 Å². The van der Waals surface area contributed by atoms with Crippen LogP contribution in [0.15, 0.2) is 33.6 Å². The van der Waals surface area contributed by atoms with Gasteiger partial charge in [-0.1, -0.05) is 12.1 Å². The van der Waals surface area contributed by atoms with Crippen molar-refractivity contribution in [2.45, 2.75) is 17.4 Å². The maximum Gasteiger partial charge on any atom is 0.244 e. The van der Waals surface area contributed by atoms with Gasteiger partial charge in [-0.15, -0.1) is 12.4 Å². The fourth-order valence-corrected chi connectivity index (χ4v) is 5.52. The van der Waals surface area contributed by atoms with E-state index in [1.807, 2.05) is 6.07 Å². The highest BCUT2D eigenvalue weighted by molar-refractivity contribution is 9.10. The van der Waals surface area contributed by atoms with Crippen molar-refractivity contribution >= 4 is 38.4 Å². The molecule has 0 spiro atoms. The zero-order valence-electron chi connectivity index (χ0n) is 12.2. The number of nitrogens with one attached hydrogen (secondary N) is 1. The van der Waals surface area contributed by atoms with Crippen LogP contribution in [0.2, 0.25) is 0 Å². The molecule has 124 valence electrons. The summed E-state index contributed by atoms with van der Waals surface area (Å²) in [5, 5.41) is 3.33. The summed E-state index contributed by atoms with van der Waals surface area (Å²) >= 11 is 3.35. The molecule has 0 radical (unpaired) electrons. The quantitative estimate of drug-likeness (QED) is 0.821. The highest BCUT2D eigenvalue weighted by Crippen LogP contribution is 2.28. The van der Waals surface area contributed by atoms with E-state index < -0.39 is 10.0 Å². The van der Waals surface area contributed by atoms with Gasteiger partial charge in [0, 0.05) is 49.8 Å². The van der Waals surface area contributed by atoms with Gasteiger partial charge in [0.2, 0.25) is 10.0 Å². The van der Waals surface area contributed by atoms with Crippen molar-refractivity contribution in [2.75, 3.05) is 39.3 Å². The lowest BCUT2D eigenvalue weighted by Gasteiger charge is -2.32. The van der Waals surface area contributed by atoms with Crippen LogP contribution in [-0.4, -0.2) is 62.9 Å². The third kappa shape index (κ3) is 3.66. The van der Waals surface area contributed by atoms with Crippen molar-refractivity contribution in [1.82, 2.24) is 14.5 Å². The lowest BCUT2D eigenvalue weighted by molar-refractivity contribution is 0.179. The molecule has 1 aromatic rings. The van der Waals surface area contributed by atoms with E-state index in [0.29, 0.717) is 28.5 Å². The second-order valence-corrected chi connectivity index (χ2v) is 8.28. The third-order valence-electron chi connectivity index (χ3n) is 4.25. The fraction of sp³-hybridized carbons (Fsp3) is 0.571. The molecule has 0 saturated carbocycles. The smallest absolute Gasteiger partial charge is 0.244 e. The Morgan fingerprint density at radius 1 is 1.14 bits per heavy atom. The van der Waals surface area contributed by atoms with Crippen LogP contribution in [0.5, 0.6) is 0 Å². The first-order valence-electron chi connectivity index (χ1n) is 7.28. The number of halogens is 2. The molecular weight excluding hydrogens is 390 g/mol. The number of piperazine rings is 1. The minimum Gasteiger partial charge on any atom is -0.314 e. The molecule has 22 heavy (non-hydrogen) atoms. The Morgan fingerprint density at radius 3 is 2.50 bits per heavy atom. The van der Waals surface area contributed by atoms with Crippen LogP contribution in [0.25, 0.3) is 0 Å². The molecule has 0 amide bonds. The average Bonchev–Trinajstić information content (AvgIpc) is 2.99. The van der Waals surface area contributed by atoms with Crippen LogP contribution in [-0.2, 0) is 10.0 Å². The molecule has 1 N–H and O–H groups in total. The summed E-state index contributed by atoms with van der Waals surface area (Å²) in [4.78, 5) is 2.78. The summed E-state index contributed by atoms with van der Waals surface area (Å²) in [6.45, 7) is 5.21. The number of sulfonamides is 1. The zero-order valence-corrected chi connectivity index (χ0v) is 15.5. The lowest BCUT2D eigenvalue weighted by atomic mass is 10.2. The summed E-state index contributed by atoms with van der Waals surface area (Å²) in [7, 11) is -3.40. The van der Waals surface area contributed by atoms with E-state index in [9.17, 15) is 8.42 Å². The molecule has 2 fully saturated rings. The van der Waals surface area contributed by atoms with E-state index in [0.717, 1.165) is 32.6 Å². The Balaban J connectivity index is 0.00000176. The Bertz CT molecular complexity index is 608. The van der Waals surface area contributed by atoms with Gasteiger partial charge in [0.25, 0.3) is 0 Å². The van der Waals surface area contributed by atoms with Gasteiger partial charge < -0.3 is 5.32 Å². The third-order valence-corrected chi connectivity index (χ3v) is 7.13. The van der Waals surface area contributed by atoms with Crippen LogP contribution in [0.1, 0.15) is 6.42 Å².